The summed E-state index contributed by atoms with van der Waals surface area (Å²) < 4.78 is 5.07. The highest BCUT2D eigenvalue weighted by molar-refractivity contribution is 5.90. The van der Waals surface area contributed by atoms with Crippen LogP contribution in [0.15, 0.2) is 54.6 Å². The number of carbonyl (C=O) groups is 1. The maximum absolute atomic E-state index is 11.9. The van der Waals surface area contributed by atoms with Gasteiger partial charge in [0.1, 0.15) is 6.61 Å². The van der Waals surface area contributed by atoms with Crippen LogP contribution in [-0.4, -0.2) is 24.1 Å². The van der Waals surface area contributed by atoms with Gasteiger partial charge in [-0.3, -0.25) is 4.90 Å². The fourth-order valence-corrected chi connectivity index (χ4v) is 2.36. The largest absolute Gasteiger partial charge is 0.447 e. The summed E-state index contributed by atoms with van der Waals surface area (Å²) in [5.41, 5.74) is 4.17. The lowest BCUT2D eigenvalue weighted by molar-refractivity contribution is 0.167. The van der Waals surface area contributed by atoms with Crippen LogP contribution in [0.4, 0.5) is 4.79 Å². The van der Waals surface area contributed by atoms with E-state index in [4.69, 9.17) is 4.74 Å². The van der Waals surface area contributed by atoms with Crippen LogP contribution in [-0.2, 0) is 4.74 Å². The molecule has 0 saturated carbocycles. The molecule has 21 heavy (non-hydrogen) atoms. The van der Waals surface area contributed by atoms with E-state index in [-0.39, 0.29) is 6.09 Å². The first-order valence-corrected chi connectivity index (χ1v) is 7.02. The monoisotopic (exact) mass is 279 g/mol. The number of amides is 1. The van der Waals surface area contributed by atoms with Crippen molar-refractivity contribution in [2.24, 2.45) is 0 Å². The molecule has 2 aromatic rings. The molecule has 1 saturated heterocycles. The van der Waals surface area contributed by atoms with Crippen LogP contribution in [0.2, 0.25) is 0 Å². The average Bonchev–Trinajstić information content (AvgIpc) is 2.93. The molecule has 3 heteroatoms. The molecular formula is C18H17NO2. The highest BCUT2D eigenvalue weighted by Crippen LogP contribution is 2.25. The van der Waals surface area contributed by atoms with Crippen molar-refractivity contribution < 1.29 is 9.53 Å². The van der Waals surface area contributed by atoms with E-state index in [0.717, 1.165) is 16.8 Å². The highest BCUT2D eigenvalue weighted by Gasteiger charge is 2.26. The van der Waals surface area contributed by atoms with Gasteiger partial charge in [0.25, 0.3) is 0 Å². The van der Waals surface area contributed by atoms with Gasteiger partial charge in [0.2, 0.25) is 0 Å². The lowest BCUT2D eigenvalue weighted by Gasteiger charge is -2.17. The Hall–Kier alpha value is -2.55. The molecule has 0 aliphatic carbocycles. The SMILES string of the molecule is Cc1ccc(/C=C(/c2ccccc2)N2CCOC2=O)cc1. The van der Waals surface area contributed by atoms with Crippen molar-refractivity contribution in [3.63, 3.8) is 0 Å². The van der Waals surface area contributed by atoms with Gasteiger partial charge < -0.3 is 4.74 Å². The van der Waals surface area contributed by atoms with Crippen LogP contribution in [0.5, 0.6) is 0 Å². The third-order valence-electron chi connectivity index (χ3n) is 3.50. The standard InChI is InChI=1S/C18H17NO2/c1-14-7-9-15(10-8-14)13-17(16-5-3-2-4-6-16)19-11-12-21-18(19)20/h2-10,13H,11-12H2,1H3/b17-13-. The Morgan fingerprint density at radius 1 is 1.10 bits per heavy atom. The molecule has 0 spiro atoms. The van der Waals surface area contributed by atoms with Crippen molar-refractivity contribution in [2.75, 3.05) is 13.2 Å². The van der Waals surface area contributed by atoms with E-state index in [9.17, 15) is 4.79 Å². The zero-order valence-electron chi connectivity index (χ0n) is 12.0. The number of benzene rings is 2. The molecule has 0 aromatic heterocycles. The van der Waals surface area contributed by atoms with Gasteiger partial charge in [0, 0.05) is 0 Å². The molecule has 3 rings (SSSR count). The Morgan fingerprint density at radius 3 is 2.43 bits per heavy atom. The van der Waals surface area contributed by atoms with Crippen LogP contribution in [0.3, 0.4) is 0 Å². The molecule has 2 aromatic carbocycles. The second kappa shape index (κ2) is 5.83. The van der Waals surface area contributed by atoms with Crippen LogP contribution in [0.1, 0.15) is 16.7 Å². The summed E-state index contributed by atoms with van der Waals surface area (Å²) in [4.78, 5) is 13.6. The summed E-state index contributed by atoms with van der Waals surface area (Å²) in [5, 5.41) is 0. The minimum absolute atomic E-state index is 0.280. The second-order valence-electron chi connectivity index (χ2n) is 5.07. The lowest BCUT2D eigenvalue weighted by atomic mass is 10.1. The third-order valence-corrected chi connectivity index (χ3v) is 3.50. The Bertz CT molecular complexity index is 659. The molecule has 0 unspecified atom stereocenters. The normalized spacial score (nSPS) is 15.2. The highest BCUT2D eigenvalue weighted by atomic mass is 16.6. The van der Waals surface area contributed by atoms with E-state index >= 15 is 0 Å². The zero-order chi connectivity index (χ0) is 14.7. The smallest absolute Gasteiger partial charge is 0.414 e. The Morgan fingerprint density at radius 2 is 1.81 bits per heavy atom. The van der Waals surface area contributed by atoms with Gasteiger partial charge in [-0.05, 0) is 24.1 Å². The topological polar surface area (TPSA) is 29.5 Å². The maximum atomic E-state index is 11.9. The van der Waals surface area contributed by atoms with E-state index in [0.29, 0.717) is 13.2 Å². The Labute approximate surface area is 124 Å². The van der Waals surface area contributed by atoms with Gasteiger partial charge >= 0.3 is 6.09 Å². The van der Waals surface area contributed by atoms with Crippen LogP contribution in [0.25, 0.3) is 11.8 Å². The quantitative estimate of drug-likeness (QED) is 0.796. The number of aryl methyl sites for hydroxylation is 1. The van der Waals surface area contributed by atoms with Gasteiger partial charge in [-0.1, -0.05) is 60.2 Å². The summed E-state index contributed by atoms with van der Waals surface area (Å²) >= 11 is 0. The first kappa shape index (κ1) is 13.4. The fourth-order valence-electron chi connectivity index (χ4n) is 2.36. The van der Waals surface area contributed by atoms with Crippen molar-refractivity contribution in [2.45, 2.75) is 6.92 Å². The molecule has 0 radical (unpaired) electrons. The molecule has 0 N–H and O–H groups in total. The van der Waals surface area contributed by atoms with E-state index in [1.807, 2.05) is 36.4 Å². The first-order chi connectivity index (χ1) is 10.2. The van der Waals surface area contributed by atoms with Crippen molar-refractivity contribution in [1.82, 2.24) is 4.90 Å². The lowest BCUT2D eigenvalue weighted by Crippen LogP contribution is -2.22. The number of cyclic esters (lactones) is 1. The predicted molar refractivity (Wildman–Crippen MR) is 83.5 cm³/mol. The summed E-state index contributed by atoms with van der Waals surface area (Å²) in [6.07, 6.45) is 1.75. The summed E-state index contributed by atoms with van der Waals surface area (Å²) in [6, 6.07) is 18.2. The van der Waals surface area contributed by atoms with Gasteiger partial charge in [0.15, 0.2) is 0 Å². The van der Waals surface area contributed by atoms with E-state index in [1.165, 1.54) is 5.56 Å². The number of hydrogen-bond acceptors (Lipinski definition) is 2. The Balaban J connectivity index is 2.03. The molecule has 0 atom stereocenters. The fraction of sp³-hybridized carbons (Fsp3) is 0.167. The molecule has 3 nitrogen and oxygen atoms in total. The second-order valence-corrected chi connectivity index (χ2v) is 5.07. The number of rotatable bonds is 3. The summed E-state index contributed by atoms with van der Waals surface area (Å²) in [7, 11) is 0. The van der Waals surface area contributed by atoms with Crippen LogP contribution < -0.4 is 0 Å². The van der Waals surface area contributed by atoms with Crippen molar-refractivity contribution in [3.8, 4) is 0 Å². The number of nitrogens with zero attached hydrogens (tertiary/aromatic N) is 1. The Kier molecular flexibility index (Phi) is 3.73. The molecule has 1 fully saturated rings. The number of carbonyl (C=O) groups excluding carboxylic acids is 1. The minimum atomic E-state index is -0.280. The van der Waals surface area contributed by atoms with Gasteiger partial charge in [0.05, 0.1) is 12.2 Å². The summed E-state index contributed by atoms with van der Waals surface area (Å²) in [5.74, 6) is 0. The number of ether oxygens (including phenoxy) is 1. The van der Waals surface area contributed by atoms with Gasteiger partial charge in [-0.25, -0.2) is 4.79 Å². The predicted octanol–water partition coefficient (Wildman–Crippen LogP) is 3.95. The molecule has 106 valence electrons. The molecule has 1 amide bonds. The molecular weight excluding hydrogens is 262 g/mol. The van der Waals surface area contributed by atoms with Crippen LogP contribution in [0, 0.1) is 6.92 Å². The van der Waals surface area contributed by atoms with Gasteiger partial charge in [-0.2, -0.15) is 0 Å². The van der Waals surface area contributed by atoms with Crippen molar-refractivity contribution in [3.05, 3.63) is 71.3 Å². The summed E-state index contributed by atoms with van der Waals surface area (Å²) in [6.45, 7) is 3.09. The first-order valence-electron chi connectivity index (χ1n) is 7.02. The van der Waals surface area contributed by atoms with Crippen LogP contribution >= 0.6 is 0 Å². The average molecular weight is 279 g/mol. The zero-order valence-corrected chi connectivity index (χ0v) is 12.0. The van der Waals surface area contributed by atoms with Gasteiger partial charge in [-0.15, -0.1) is 0 Å². The minimum Gasteiger partial charge on any atom is -0.447 e. The molecule has 1 aliphatic heterocycles. The maximum Gasteiger partial charge on any atom is 0.414 e. The molecule has 1 heterocycles. The molecule has 1 aliphatic rings. The van der Waals surface area contributed by atoms with E-state index < -0.39 is 0 Å². The molecule has 0 bridgehead atoms. The van der Waals surface area contributed by atoms with Crippen molar-refractivity contribution >= 4 is 17.9 Å². The van der Waals surface area contributed by atoms with Crippen molar-refractivity contribution in [1.29, 1.82) is 0 Å². The van der Waals surface area contributed by atoms with E-state index in [1.54, 1.807) is 4.90 Å². The van der Waals surface area contributed by atoms with E-state index in [2.05, 4.69) is 31.2 Å². The number of hydrogen-bond donors (Lipinski definition) is 0. The third kappa shape index (κ3) is 2.97.